The molecule has 2 aromatic rings. The van der Waals surface area contributed by atoms with Gasteiger partial charge in [0.25, 0.3) is 11.0 Å². The smallest absolute Gasteiger partial charge is 0.299 e. The Morgan fingerprint density at radius 2 is 1.67 bits per heavy atom. The first-order valence-electron chi connectivity index (χ1n) is 4.21. The molecule has 5 heteroatoms. The molecule has 0 bridgehead atoms. The molecule has 0 aliphatic carbocycles. The summed E-state index contributed by atoms with van der Waals surface area (Å²) in [6.45, 7) is 0. The van der Waals surface area contributed by atoms with Crippen molar-refractivity contribution in [2.24, 2.45) is 0 Å². The van der Waals surface area contributed by atoms with Crippen LogP contribution in [-0.4, -0.2) is 13.5 Å². The highest BCUT2D eigenvalue weighted by Gasteiger charge is 2.05. The number of hydrogen-bond acceptors (Lipinski definition) is 4. The van der Waals surface area contributed by atoms with Crippen LogP contribution < -0.4 is 4.18 Å². The zero-order valence-electron chi connectivity index (χ0n) is 7.58. The van der Waals surface area contributed by atoms with Crippen molar-refractivity contribution in [2.45, 2.75) is 0 Å². The molecule has 4 nitrogen and oxygen atoms in total. The molecular formula is C10H8O4S. The molecule has 0 aliphatic heterocycles. The molecule has 1 N–H and O–H groups in total. The lowest BCUT2D eigenvalue weighted by molar-refractivity contribution is 0.437. The fraction of sp³-hybridized carbons (Fsp3) is 0. The van der Waals surface area contributed by atoms with E-state index in [0.29, 0.717) is 0 Å². The summed E-state index contributed by atoms with van der Waals surface area (Å²) >= 11 is 0. The van der Waals surface area contributed by atoms with E-state index in [1.54, 1.807) is 6.07 Å². The monoisotopic (exact) mass is 224 g/mol. The number of thiol groups is 1. The maximum absolute atomic E-state index is 10.4. The standard InChI is InChI=1S/C10H8O4S/c11-9-5-7-3-1-2-4-8(7)6-10(9)14-15(12)13/h1-6,11,15H. The van der Waals surface area contributed by atoms with Crippen LogP contribution in [0.1, 0.15) is 0 Å². The van der Waals surface area contributed by atoms with E-state index < -0.39 is 11.0 Å². The minimum Gasteiger partial charge on any atom is -0.504 e. The average Bonchev–Trinajstić information content (AvgIpc) is 2.18. The molecule has 15 heavy (non-hydrogen) atoms. The van der Waals surface area contributed by atoms with Gasteiger partial charge in [-0.15, -0.1) is 0 Å². The number of rotatable bonds is 2. The molecule has 2 rings (SSSR count). The Hall–Kier alpha value is -1.75. The molecule has 0 aromatic heterocycles. The Morgan fingerprint density at radius 3 is 2.27 bits per heavy atom. The van der Waals surface area contributed by atoms with Gasteiger partial charge in [-0.05, 0) is 22.9 Å². The Balaban J connectivity index is 2.61. The normalized spacial score (nSPS) is 10.7. The fourth-order valence-electron chi connectivity index (χ4n) is 1.36. The summed E-state index contributed by atoms with van der Waals surface area (Å²) in [5, 5.41) is 11.1. The molecule has 0 aliphatic rings. The third-order valence-corrected chi connectivity index (χ3v) is 2.35. The molecule has 0 heterocycles. The van der Waals surface area contributed by atoms with Crippen LogP contribution in [0, 0.1) is 0 Å². The van der Waals surface area contributed by atoms with E-state index in [9.17, 15) is 13.5 Å². The fourth-order valence-corrected chi connectivity index (χ4v) is 1.67. The SMILES string of the molecule is O=[SH](=O)Oc1cc2ccccc2cc1O. The van der Waals surface area contributed by atoms with Gasteiger partial charge in [0, 0.05) is 0 Å². The van der Waals surface area contributed by atoms with Crippen LogP contribution in [0.25, 0.3) is 10.8 Å². The molecule has 0 amide bonds. The van der Waals surface area contributed by atoms with Crippen molar-refractivity contribution in [1.82, 2.24) is 0 Å². The first kappa shape index (κ1) is 9.79. The van der Waals surface area contributed by atoms with Gasteiger partial charge in [-0.25, -0.2) is 0 Å². The van der Waals surface area contributed by atoms with Crippen LogP contribution in [0.4, 0.5) is 0 Å². The minimum atomic E-state index is -3.01. The van der Waals surface area contributed by atoms with Crippen LogP contribution in [0.5, 0.6) is 11.5 Å². The molecular weight excluding hydrogens is 216 g/mol. The summed E-state index contributed by atoms with van der Waals surface area (Å²) in [5.41, 5.74) is 0. The van der Waals surface area contributed by atoms with Crippen LogP contribution in [-0.2, 0) is 11.0 Å². The van der Waals surface area contributed by atoms with Gasteiger partial charge >= 0.3 is 0 Å². The number of fused-ring (bicyclic) bond motifs is 1. The van der Waals surface area contributed by atoms with E-state index >= 15 is 0 Å². The van der Waals surface area contributed by atoms with Gasteiger partial charge in [-0.3, -0.25) is 0 Å². The molecule has 0 atom stereocenters. The van der Waals surface area contributed by atoms with Gasteiger partial charge in [0.2, 0.25) is 0 Å². The minimum absolute atomic E-state index is 0.0511. The van der Waals surface area contributed by atoms with E-state index in [2.05, 4.69) is 4.18 Å². The lowest BCUT2D eigenvalue weighted by Gasteiger charge is -2.03. The van der Waals surface area contributed by atoms with Gasteiger partial charge < -0.3 is 9.29 Å². The highest BCUT2D eigenvalue weighted by Crippen LogP contribution is 2.31. The molecule has 0 saturated heterocycles. The van der Waals surface area contributed by atoms with Gasteiger partial charge in [0.15, 0.2) is 11.5 Å². The number of benzene rings is 2. The van der Waals surface area contributed by atoms with Crippen LogP contribution in [0.3, 0.4) is 0 Å². The largest absolute Gasteiger partial charge is 0.504 e. The van der Waals surface area contributed by atoms with Crippen LogP contribution >= 0.6 is 0 Å². The highest BCUT2D eigenvalue weighted by molar-refractivity contribution is 7.67. The molecule has 0 spiro atoms. The summed E-state index contributed by atoms with van der Waals surface area (Å²) in [6, 6.07) is 10.2. The Labute approximate surface area is 87.9 Å². The molecule has 0 saturated carbocycles. The molecule has 0 unspecified atom stereocenters. The second-order valence-electron chi connectivity index (χ2n) is 2.98. The quantitative estimate of drug-likeness (QED) is 0.758. The number of phenols is 1. The van der Waals surface area contributed by atoms with Crippen molar-refractivity contribution in [2.75, 3.05) is 0 Å². The van der Waals surface area contributed by atoms with Crippen molar-refractivity contribution in [1.29, 1.82) is 0 Å². The predicted octanol–water partition coefficient (Wildman–Crippen LogP) is 1.45. The van der Waals surface area contributed by atoms with E-state index in [1.165, 1.54) is 12.1 Å². The molecule has 0 fully saturated rings. The van der Waals surface area contributed by atoms with Gasteiger partial charge in [-0.1, -0.05) is 24.3 Å². The van der Waals surface area contributed by atoms with Crippen molar-refractivity contribution >= 4 is 21.8 Å². The first-order chi connectivity index (χ1) is 7.16. The summed E-state index contributed by atoms with van der Waals surface area (Å²) in [6.07, 6.45) is 0. The third-order valence-electron chi connectivity index (χ3n) is 2.00. The second kappa shape index (κ2) is 3.78. The maximum Gasteiger partial charge on any atom is 0.299 e. The maximum atomic E-state index is 10.4. The average molecular weight is 224 g/mol. The summed E-state index contributed by atoms with van der Waals surface area (Å²) in [5.74, 6) is -0.238. The topological polar surface area (TPSA) is 63.6 Å². The zero-order chi connectivity index (χ0) is 10.8. The number of phenolic OH excluding ortho intramolecular Hbond substituents is 1. The summed E-state index contributed by atoms with van der Waals surface area (Å²) in [7, 11) is -3.01. The van der Waals surface area contributed by atoms with Crippen molar-refractivity contribution < 1.29 is 17.7 Å². The Bertz CT molecular complexity index is 567. The van der Waals surface area contributed by atoms with Crippen molar-refractivity contribution in [3.8, 4) is 11.5 Å². The van der Waals surface area contributed by atoms with Crippen molar-refractivity contribution in [3.63, 3.8) is 0 Å². The molecule has 2 aromatic carbocycles. The van der Waals surface area contributed by atoms with Crippen LogP contribution in [0.15, 0.2) is 36.4 Å². The summed E-state index contributed by atoms with van der Waals surface area (Å²) < 4.78 is 25.2. The van der Waals surface area contributed by atoms with E-state index in [4.69, 9.17) is 0 Å². The number of hydrogen-bond donors (Lipinski definition) is 2. The van der Waals surface area contributed by atoms with Crippen molar-refractivity contribution in [3.05, 3.63) is 36.4 Å². The van der Waals surface area contributed by atoms with E-state index in [1.807, 2.05) is 18.2 Å². The van der Waals surface area contributed by atoms with Crippen LogP contribution in [0.2, 0.25) is 0 Å². The lowest BCUT2D eigenvalue weighted by atomic mass is 10.1. The molecule has 0 radical (unpaired) electrons. The number of aromatic hydroxyl groups is 1. The third kappa shape index (κ3) is 2.02. The van der Waals surface area contributed by atoms with E-state index in [0.717, 1.165) is 10.8 Å². The van der Waals surface area contributed by atoms with Gasteiger partial charge in [0.05, 0.1) is 0 Å². The van der Waals surface area contributed by atoms with E-state index in [-0.39, 0.29) is 11.5 Å². The summed E-state index contributed by atoms with van der Waals surface area (Å²) in [4.78, 5) is 0. The Morgan fingerprint density at radius 1 is 1.07 bits per heavy atom. The lowest BCUT2D eigenvalue weighted by Crippen LogP contribution is -1.90. The Kier molecular flexibility index (Phi) is 2.47. The predicted molar refractivity (Wildman–Crippen MR) is 56.6 cm³/mol. The zero-order valence-corrected chi connectivity index (χ0v) is 8.48. The van der Waals surface area contributed by atoms with Gasteiger partial charge in [0.1, 0.15) is 0 Å². The first-order valence-corrected chi connectivity index (χ1v) is 5.30. The highest BCUT2D eigenvalue weighted by atomic mass is 32.2. The molecule has 78 valence electrons. The second-order valence-corrected chi connectivity index (χ2v) is 3.61. The van der Waals surface area contributed by atoms with Gasteiger partial charge in [-0.2, -0.15) is 8.42 Å².